The Hall–Kier alpha value is -0.680. The van der Waals surface area contributed by atoms with Gasteiger partial charge in [0.25, 0.3) is 0 Å². The van der Waals surface area contributed by atoms with Gasteiger partial charge in [-0.1, -0.05) is 12.2 Å². The Balaban J connectivity index is 2.17. The van der Waals surface area contributed by atoms with E-state index in [-0.39, 0.29) is 5.91 Å². The van der Waals surface area contributed by atoms with E-state index < -0.39 is 0 Å². The topological polar surface area (TPSA) is 58.4 Å². The molecule has 1 aliphatic rings. The van der Waals surface area contributed by atoms with Crippen molar-refractivity contribution in [2.75, 3.05) is 26.2 Å². The molecule has 1 amide bonds. The lowest BCUT2D eigenvalue weighted by atomic mass is 9.97. The van der Waals surface area contributed by atoms with Gasteiger partial charge in [-0.15, -0.1) is 0 Å². The average Bonchev–Trinajstić information content (AvgIpc) is 2.27. The predicted molar refractivity (Wildman–Crippen MR) is 69.3 cm³/mol. The zero-order valence-electron chi connectivity index (χ0n) is 9.87. The first-order valence-electron chi connectivity index (χ1n) is 5.91. The third-order valence-corrected chi connectivity index (χ3v) is 3.35. The SMILES string of the molecule is CCNC(=O)CCN1CCC(C(N)=S)CC1. The quantitative estimate of drug-likeness (QED) is 0.691. The summed E-state index contributed by atoms with van der Waals surface area (Å²) in [7, 11) is 0. The van der Waals surface area contributed by atoms with Crippen molar-refractivity contribution < 1.29 is 4.79 Å². The second-order valence-electron chi connectivity index (χ2n) is 4.22. The smallest absolute Gasteiger partial charge is 0.221 e. The van der Waals surface area contributed by atoms with E-state index in [4.69, 9.17) is 18.0 Å². The second kappa shape index (κ2) is 6.81. The van der Waals surface area contributed by atoms with Crippen LogP contribution in [-0.2, 0) is 4.79 Å². The number of likely N-dealkylation sites (tertiary alicyclic amines) is 1. The first kappa shape index (κ1) is 13.4. The van der Waals surface area contributed by atoms with E-state index in [1.165, 1.54) is 0 Å². The minimum absolute atomic E-state index is 0.138. The molecule has 0 aromatic carbocycles. The number of rotatable bonds is 5. The van der Waals surface area contributed by atoms with Crippen molar-refractivity contribution in [2.45, 2.75) is 26.2 Å². The fourth-order valence-electron chi connectivity index (χ4n) is 1.99. The maximum Gasteiger partial charge on any atom is 0.221 e. The van der Waals surface area contributed by atoms with Crippen molar-refractivity contribution in [2.24, 2.45) is 11.7 Å². The van der Waals surface area contributed by atoms with Crippen molar-refractivity contribution in [3.63, 3.8) is 0 Å². The van der Waals surface area contributed by atoms with Gasteiger partial charge >= 0.3 is 0 Å². The van der Waals surface area contributed by atoms with E-state index in [0.29, 0.717) is 23.9 Å². The van der Waals surface area contributed by atoms with E-state index in [1.807, 2.05) is 6.92 Å². The Bertz CT molecular complexity index is 250. The lowest BCUT2D eigenvalue weighted by Crippen LogP contribution is -2.39. The van der Waals surface area contributed by atoms with E-state index in [0.717, 1.165) is 32.5 Å². The van der Waals surface area contributed by atoms with E-state index in [2.05, 4.69) is 10.2 Å². The lowest BCUT2D eigenvalue weighted by Gasteiger charge is -2.31. The van der Waals surface area contributed by atoms with Crippen molar-refractivity contribution >= 4 is 23.1 Å². The summed E-state index contributed by atoms with van der Waals surface area (Å²) in [6, 6.07) is 0. The van der Waals surface area contributed by atoms with Crippen LogP contribution < -0.4 is 11.1 Å². The zero-order valence-corrected chi connectivity index (χ0v) is 10.7. The summed E-state index contributed by atoms with van der Waals surface area (Å²) in [5.74, 6) is 0.537. The molecule has 0 aromatic rings. The van der Waals surface area contributed by atoms with Crippen LogP contribution in [0, 0.1) is 5.92 Å². The third kappa shape index (κ3) is 4.45. The van der Waals surface area contributed by atoms with Crippen molar-refractivity contribution in [1.82, 2.24) is 10.2 Å². The molecule has 1 aliphatic heterocycles. The molecule has 1 saturated heterocycles. The highest BCUT2D eigenvalue weighted by Gasteiger charge is 2.20. The molecular weight excluding hydrogens is 222 g/mol. The fraction of sp³-hybridized carbons (Fsp3) is 0.818. The van der Waals surface area contributed by atoms with Crippen molar-refractivity contribution in [3.05, 3.63) is 0 Å². The minimum Gasteiger partial charge on any atom is -0.393 e. The molecule has 0 radical (unpaired) electrons. The molecule has 0 bridgehead atoms. The van der Waals surface area contributed by atoms with E-state index >= 15 is 0 Å². The van der Waals surface area contributed by atoms with E-state index in [1.54, 1.807) is 0 Å². The van der Waals surface area contributed by atoms with Gasteiger partial charge in [0.2, 0.25) is 5.91 Å². The van der Waals surface area contributed by atoms with Crippen LogP contribution in [0.4, 0.5) is 0 Å². The van der Waals surface area contributed by atoms with Crippen molar-refractivity contribution in [1.29, 1.82) is 0 Å². The lowest BCUT2D eigenvalue weighted by molar-refractivity contribution is -0.121. The van der Waals surface area contributed by atoms with Crippen LogP contribution in [0.5, 0.6) is 0 Å². The summed E-state index contributed by atoms with van der Waals surface area (Å²) in [6.07, 6.45) is 2.65. The van der Waals surface area contributed by atoms with Gasteiger partial charge in [0.1, 0.15) is 0 Å². The molecule has 0 atom stereocenters. The summed E-state index contributed by atoms with van der Waals surface area (Å²) in [5, 5.41) is 2.81. The first-order chi connectivity index (χ1) is 7.63. The molecular formula is C11H21N3OS. The van der Waals surface area contributed by atoms with Crippen LogP contribution in [-0.4, -0.2) is 42.0 Å². The monoisotopic (exact) mass is 243 g/mol. The van der Waals surface area contributed by atoms with Gasteiger partial charge < -0.3 is 16.0 Å². The van der Waals surface area contributed by atoms with Gasteiger partial charge in [0, 0.05) is 25.4 Å². The fourth-order valence-corrected chi connectivity index (χ4v) is 2.22. The number of hydrogen-bond acceptors (Lipinski definition) is 3. The Labute approximate surface area is 103 Å². The van der Waals surface area contributed by atoms with Gasteiger partial charge in [0.05, 0.1) is 4.99 Å². The normalized spacial score (nSPS) is 18.3. The van der Waals surface area contributed by atoms with Gasteiger partial charge in [-0.25, -0.2) is 0 Å². The van der Waals surface area contributed by atoms with Crippen LogP contribution >= 0.6 is 12.2 Å². The number of nitrogens with one attached hydrogen (secondary N) is 1. The molecule has 0 saturated carbocycles. The summed E-state index contributed by atoms with van der Waals surface area (Å²) >= 11 is 4.99. The number of thiocarbonyl (C=S) groups is 1. The largest absolute Gasteiger partial charge is 0.393 e. The van der Waals surface area contributed by atoms with Gasteiger partial charge in [-0.3, -0.25) is 4.79 Å². The highest BCUT2D eigenvalue weighted by Crippen LogP contribution is 2.17. The predicted octanol–water partition coefficient (Wildman–Crippen LogP) is 0.511. The molecule has 0 aliphatic carbocycles. The van der Waals surface area contributed by atoms with Crippen LogP contribution in [0.3, 0.4) is 0 Å². The van der Waals surface area contributed by atoms with Crippen LogP contribution in [0.15, 0.2) is 0 Å². The summed E-state index contributed by atoms with van der Waals surface area (Å²) < 4.78 is 0. The highest BCUT2D eigenvalue weighted by atomic mass is 32.1. The molecule has 16 heavy (non-hydrogen) atoms. The number of nitrogens with two attached hydrogens (primary N) is 1. The number of nitrogens with zero attached hydrogens (tertiary/aromatic N) is 1. The van der Waals surface area contributed by atoms with Gasteiger partial charge in [0.15, 0.2) is 0 Å². The first-order valence-corrected chi connectivity index (χ1v) is 6.32. The van der Waals surface area contributed by atoms with E-state index in [9.17, 15) is 4.79 Å². The number of amides is 1. The van der Waals surface area contributed by atoms with Gasteiger partial charge in [-0.2, -0.15) is 0 Å². The number of hydrogen-bond donors (Lipinski definition) is 2. The van der Waals surface area contributed by atoms with Crippen molar-refractivity contribution in [3.8, 4) is 0 Å². The van der Waals surface area contributed by atoms with Crippen LogP contribution in [0.1, 0.15) is 26.2 Å². The number of carbonyl (C=O) groups excluding carboxylic acids is 1. The zero-order chi connectivity index (χ0) is 12.0. The molecule has 4 nitrogen and oxygen atoms in total. The second-order valence-corrected chi connectivity index (χ2v) is 4.69. The molecule has 1 fully saturated rings. The maximum atomic E-state index is 11.3. The Kier molecular flexibility index (Phi) is 5.69. The van der Waals surface area contributed by atoms with Crippen LogP contribution in [0.25, 0.3) is 0 Å². The molecule has 0 aromatic heterocycles. The molecule has 1 heterocycles. The number of piperidine rings is 1. The summed E-state index contributed by atoms with van der Waals surface area (Å²) in [4.78, 5) is 14.2. The maximum absolute atomic E-state index is 11.3. The summed E-state index contributed by atoms with van der Waals surface area (Å²) in [5.41, 5.74) is 5.62. The molecule has 92 valence electrons. The Morgan fingerprint density at radius 1 is 1.50 bits per heavy atom. The van der Waals surface area contributed by atoms with Crippen LogP contribution in [0.2, 0.25) is 0 Å². The molecule has 0 unspecified atom stereocenters. The third-order valence-electron chi connectivity index (χ3n) is 3.02. The molecule has 1 rings (SSSR count). The molecule has 5 heteroatoms. The standard InChI is InChI=1S/C11H21N3OS/c1-2-13-10(15)5-8-14-6-3-9(4-7-14)11(12)16/h9H,2-8H2,1H3,(H2,12,16)(H,13,15). The Morgan fingerprint density at radius 2 is 2.12 bits per heavy atom. The minimum atomic E-state index is 0.138. The summed E-state index contributed by atoms with van der Waals surface area (Å²) in [6.45, 7) is 5.49. The Morgan fingerprint density at radius 3 is 2.62 bits per heavy atom. The average molecular weight is 243 g/mol. The highest BCUT2D eigenvalue weighted by molar-refractivity contribution is 7.80. The van der Waals surface area contributed by atoms with Gasteiger partial charge in [-0.05, 0) is 32.9 Å². The molecule has 3 N–H and O–H groups in total. The number of carbonyl (C=O) groups is 1. The molecule has 0 spiro atoms.